The smallest absolute Gasteiger partial charge is 0.239 e. The fourth-order valence-corrected chi connectivity index (χ4v) is 3.32. The van der Waals surface area contributed by atoms with Gasteiger partial charge in [0.05, 0.1) is 12.6 Å². The Morgan fingerprint density at radius 1 is 1.29 bits per heavy atom. The Morgan fingerprint density at radius 3 is 2.62 bits per heavy atom. The highest BCUT2D eigenvalue weighted by Crippen LogP contribution is 2.24. The van der Waals surface area contributed by atoms with Crippen LogP contribution < -0.4 is 10.6 Å². The molecule has 0 aromatic heterocycles. The van der Waals surface area contributed by atoms with Crippen molar-refractivity contribution in [1.29, 1.82) is 0 Å². The highest BCUT2D eigenvalue weighted by molar-refractivity contribution is 9.10. The molecule has 2 rings (SSSR count). The van der Waals surface area contributed by atoms with Gasteiger partial charge in [0.2, 0.25) is 11.8 Å². The molecule has 2 amide bonds. The van der Waals surface area contributed by atoms with Crippen LogP contribution in [0.4, 0.5) is 0 Å². The van der Waals surface area contributed by atoms with Crippen LogP contribution in [0.1, 0.15) is 44.2 Å². The van der Waals surface area contributed by atoms with E-state index in [0.717, 1.165) is 35.7 Å². The molecule has 1 atom stereocenters. The Bertz CT molecular complexity index is 513. The maximum absolute atomic E-state index is 11.9. The standard InChI is InChI=1S/C16H21BrN2O2/c1-11(13-8-4-5-9-14(13)17)19-15(20)10-18-16(21)12-6-2-3-7-12/h4-5,8-9,11-12H,2-3,6-7,10H2,1H3,(H,18,21)(H,19,20). The van der Waals surface area contributed by atoms with E-state index in [1.807, 2.05) is 31.2 Å². The van der Waals surface area contributed by atoms with Gasteiger partial charge in [-0.25, -0.2) is 0 Å². The number of amides is 2. The normalized spacial score (nSPS) is 16.5. The predicted molar refractivity (Wildman–Crippen MR) is 85.7 cm³/mol. The molecule has 2 N–H and O–H groups in total. The summed E-state index contributed by atoms with van der Waals surface area (Å²) in [5.41, 5.74) is 1.02. The number of hydrogen-bond donors (Lipinski definition) is 2. The molecule has 0 aliphatic heterocycles. The molecule has 1 aromatic carbocycles. The van der Waals surface area contributed by atoms with Gasteiger partial charge in [-0.2, -0.15) is 0 Å². The fourth-order valence-electron chi connectivity index (χ4n) is 2.70. The van der Waals surface area contributed by atoms with Crippen LogP contribution in [0, 0.1) is 5.92 Å². The average molecular weight is 353 g/mol. The number of rotatable bonds is 5. The molecule has 21 heavy (non-hydrogen) atoms. The number of halogens is 1. The number of carbonyl (C=O) groups is 2. The number of carbonyl (C=O) groups excluding carboxylic acids is 2. The lowest BCUT2D eigenvalue weighted by molar-refractivity contribution is -0.128. The Labute approximate surface area is 133 Å². The predicted octanol–water partition coefficient (Wildman–Crippen LogP) is 2.93. The van der Waals surface area contributed by atoms with E-state index in [2.05, 4.69) is 26.6 Å². The van der Waals surface area contributed by atoms with Crippen molar-refractivity contribution in [3.63, 3.8) is 0 Å². The number of hydrogen-bond acceptors (Lipinski definition) is 2. The summed E-state index contributed by atoms with van der Waals surface area (Å²) in [6.07, 6.45) is 4.12. The SMILES string of the molecule is CC(NC(=O)CNC(=O)C1CCCC1)c1ccccc1Br. The van der Waals surface area contributed by atoms with Gasteiger partial charge in [0.15, 0.2) is 0 Å². The summed E-state index contributed by atoms with van der Waals surface area (Å²) in [5.74, 6) is -0.0562. The van der Waals surface area contributed by atoms with E-state index >= 15 is 0 Å². The van der Waals surface area contributed by atoms with Gasteiger partial charge in [-0.1, -0.05) is 47.0 Å². The number of nitrogens with one attached hydrogen (secondary N) is 2. The summed E-state index contributed by atoms with van der Waals surface area (Å²) >= 11 is 3.47. The van der Waals surface area contributed by atoms with E-state index in [4.69, 9.17) is 0 Å². The molecule has 1 aromatic rings. The van der Waals surface area contributed by atoms with Crippen molar-refractivity contribution >= 4 is 27.7 Å². The summed E-state index contributed by atoms with van der Waals surface area (Å²) in [6, 6.07) is 7.68. The Kier molecular flexibility index (Phi) is 5.79. The average Bonchev–Trinajstić information content (AvgIpc) is 2.99. The second-order valence-corrected chi connectivity index (χ2v) is 6.36. The van der Waals surface area contributed by atoms with Crippen LogP contribution in [0.2, 0.25) is 0 Å². The van der Waals surface area contributed by atoms with Gasteiger partial charge in [-0.15, -0.1) is 0 Å². The molecule has 5 heteroatoms. The molecule has 0 spiro atoms. The number of benzene rings is 1. The first-order valence-electron chi connectivity index (χ1n) is 7.39. The molecule has 0 bridgehead atoms. The van der Waals surface area contributed by atoms with Crippen LogP contribution in [-0.2, 0) is 9.59 Å². The summed E-state index contributed by atoms with van der Waals surface area (Å²) in [5, 5.41) is 5.63. The third-order valence-electron chi connectivity index (χ3n) is 3.90. The molecule has 0 heterocycles. The minimum atomic E-state index is -0.162. The largest absolute Gasteiger partial charge is 0.348 e. The van der Waals surface area contributed by atoms with E-state index in [0.29, 0.717) is 0 Å². The lowest BCUT2D eigenvalue weighted by atomic mass is 10.1. The Morgan fingerprint density at radius 2 is 1.95 bits per heavy atom. The van der Waals surface area contributed by atoms with E-state index < -0.39 is 0 Å². The van der Waals surface area contributed by atoms with Gasteiger partial charge in [0.1, 0.15) is 0 Å². The lowest BCUT2D eigenvalue weighted by Crippen LogP contribution is -2.40. The summed E-state index contributed by atoms with van der Waals surface area (Å²) in [7, 11) is 0. The molecule has 0 saturated heterocycles. The summed E-state index contributed by atoms with van der Waals surface area (Å²) in [6.45, 7) is 1.97. The van der Waals surface area contributed by atoms with Crippen LogP contribution in [0.3, 0.4) is 0 Å². The highest BCUT2D eigenvalue weighted by Gasteiger charge is 2.23. The molecule has 1 aliphatic carbocycles. The van der Waals surface area contributed by atoms with Crippen molar-refractivity contribution in [3.05, 3.63) is 34.3 Å². The van der Waals surface area contributed by atoms with Gasteiger partial charge in [-0.3, -0.25) is 9.59 Å². The first-order chi connectivity index (χ1) is 10.1. The third kappa shape index (κ3) is 4.56. The van der Waals surface area contributed by atoms with Gasteiger partial charge in [0, 0.05) is 10.4 Å². The molecule has 1 fully saturated rings. The molecular formula is C16H21BrN2O2. The molecule has 1 aliphatic rings. The zero-order valence-electron chi connectivity index (χ0n) is 12.2. The van der Waals surface area contributed by atoms with Crippen LogP contribution in [0.25, 0.3) is 0 Å². The maximum atomic E-state index is 11.9. The van der Waals surface area contributed by atoms with Gasteiger partial charge >= 0.3 is 0 Å². The van der Waals surface area contributed by atoms with Crippen molar-refractivity contribution in [1.82, 2.24) is 10.6 Å². The van der Waals surface area contributed by atoms with E-state index in [1.165, 1.54) is 0 Å². The zero-order valence-corrected chi connectivity index (χ0v) is 13.8. The van der Waals surface area contributed by atoms with Crippen molar-refractivity contribution in [2.24, 2.45) is 5.92 Å². The summed E-state index contributed by atoms with van der Waals surface area (Å²) < 4.78 is 0.966. The molecule has 0 radical (unpaired) electrons. The van der Waals surface area contributed by atoms with Crippen molar-refractivity contribution in [2.45, 2.75) is 38.6 Å². The molecule has 1 saturated carbocycles. The van der Waals surface area contributed by atoms with Gasteiger partial charge in [0.25, 0.3) is 0 Å². The van der Waals surface area contributed by atoms with Gasteiger partial charge in [-0.05, 0) is 31.4 Å². The second-order valence-electron chi connectivity index (χ2n) is 5.51. The molecular weight excluding hydrogens is 332 g/mol. The Balaban J connectivity index is 1.79. The fraction of sp³-hybridized carbons (Fsp3) is 0.500. The maximum Gasteiger partial charge on any atom is 0.239 e. The Hall–Kier alpha value is -1.36. The molecule has 4 nitrogen and oxygen atoms in total. The van der Waals surface area contributed by atoms with Crippen molar-refractivity contribution < 1.29 is 9.59 Å². The monoisotopic (exact) mass is 352 g/mol. The minimum absolute atomic E-state index is 0.0104. The van der Waals surface area contributed by atoms with Crippen LogP contribution in [0.15, 0.2) is 28.7 Å². The minimum Gasteiger partial charge on any atom is -0.348 e. The van der Waals surface area contributed by atoms with E-state index in [9.17, 15) is 9.59 Å². The first kappa shape index (κ1) is 16.0. The van der Waals surface area contributed by atoms with Crippen molar-refractivity contribution in [2.75, 3.05) is 6.54 Å². The van der Waals surface area contributed by atoms with E-state index in [1.54, 1.807) is 0 Å². The van der Waals surface area contributed by atoms with Crippen molar-refractivity contribution in [3.8, 4) is 0 Å². The second kappa shape index (κ2) is 7.59. The molecule has 114 valence electrons. The zero-order chi connectivity index (χ0) is 15.2. The van der Waals surface area contributed by atoms with Crippen LogP contribution in [0.5, 0.6) is 0 Å². The lowest BCUT2D eigenvalue weighted by Gasteiger charge is -2.16. The quantitative estimate of drug-likeness (QED) is 0.855. The summed E-state index contributed by atoms with van der Waals surface area (Å²) in [4.78, 5) is 23.8. The highest BCUT2D eigenvalue weighted by atomic mass is 79.9. The van der Waals surface area contributed by atoms with Crippen LogP contribution >= 0.6 is 15.9 Å². The topological polar surface area (TPSA) is 58.2 Å². The van der Waals surface area contributed by atoms with Crippen LogP contribution in [-0.4, -0.2) is 18.4 Å². The van der Waals surface area contributed by atoms with E-state index in [-0.39, 0.29) is 30.3 Å². The third-order valence-corrected chi connectivity index (χ3v) is 4.62. The molecule has 1 unspecified atom stereocenters. The van der Waals surface area contributed by atoms with Gasteiger partial charge < -0.3 is 10.6 Å². The first-order valence-corrected chi connectivity index (χ1v) is 8.18.